The maximum Gasteiger partial charge on any atom is 0.307 e. The summed E-state index contributed by atoms with van der Waals surface area (Å²) in [6.07, 6.45) is 7.48. The Bertz CT molecular complexity index is 2110. The van der Waals surface area contributed by atoms with Crippen LogP contribution in [-0.4, -0.2) is 42.1 Å². The van der Waals surface area contributed by atoms with E-state index in [-0.39, 0.29) is 12.8 Å². The van der Waals surface area contributed by atoms with E-state index in [4.69, 9.17) is 9.97 Å². The fourth-order valence-corrected chi connectivity index (χ4v) is 5.80. The van der Waals surface area contributed by atoms with Crippen LogP contribution >= 0.6 is 0 Å². The number of carboxylic acid groups (broad SMARTS) is 2. The summed E-state index contributed by atoms with van der Waals surface area (Å²) in [6, 6.07) is 26.8. The Morgan fingerprint density at radius 1 is 0.568 bits per heavy atom. The third-order valence-corrected chi connectivity index (χ3v) is 7.65. The van der Waals surface area contributed by atoms with Crippen LogP contribution in [0.2, 0.25) is 0 Å². The topological polar surface area (TPSA) is 132 Å². The minimum Gasteiger partial charge on any atom is -0.481 e. The van der Waals surface area contributed by atoms with E-state index in [2.05, 4.69) is 9.97 Å². The highest BCUT2D eigenvalue weighted by Gasteiger charge is 2.18. The molecule has 0 unspecified atom stereocenters. The minimum absolute atomic E-state index is 0.103. The van der Waals surface area contributed by atoms with Crippen LogP contribution in [0.25, 0.3) is 68.6 Å². The Morgan fingerprint density at radius 3 is 1.50 bits per heavy atom. The fourth-order valence-electron chi connectivity index (χ4n) is 5.80. The lowest BCUT2D eigenvalue weighted by Gasteiger charge is -2.10. The number of carboxylic acids is 2. The van der Waals surface area contributed by atoms with Crippen LogP contribution in [0.3, 0.4) is 0 Å². The number of H-pyrrole nitrogens is 2. The molecule has 2 aromatic carbocycles. The van der Waals surface area contributed by atoms with Crippen LogP contribution in [0.15, 0.2) is 84.9 Å². The molecule has 3 aromatic heterocycles. The van der Waals surface area contributed by atoms with E-state index in [1.165, 1.54) is 0 Å². The van der Waals surface area contributed by atoms with Crippen LogP contribution in [-0.2, 0) is 22.4 Å². The predicted molar refractivity (Wildman–Crippen MR) is 172 cm³/mol. The van der Waals surface area contributed by atoms with Crippen molar-refractivity contribution in [2.75, 3.05) is 0 Å². The van der Waals surface area contributed by atoms with Gasteiger partial charge in [-0.25, -0.2) is 9.97 Å². The average Bonchev–Trinajstić information content (AvgIpc) is 3.81. The molecule has 8 bridgehead atoms. The second kappa shape index (κ2) is 11.0. The van der Waals surface area contributed by atoms with Crippen molar-refractivity contribution in [3.05, 3.63) is 119 Å². The highest BCUT2D eigenvalue weighted by Crippen LogP contribution is 2.35. The van der Waals surface area contributed by atoms with Gasteiger partial charge in [-0.15, -0.1) is 0 Å². The van der Waals surface area contributed by atoms with Gasteiger partial charge in [0.05, 0.1) is 35.6 Å². The monoisotopic (exact) mass is 578 g/mol. The third-order valence-electron chi connectivity index (χ3n) is 7.65. The Labute approximate surface area is 251 Å². The number of hydrogen-bond donors (Lipinski definition) is 4. The molecule has 5 aromatic rings. The van der Waals surface area contributed by atoms with Crippen molar-refractivity contribution in [1.82, 2.24) is 19.9 Å². The fraction of sp³-hybridized carbons (Fsp3) is 0.0556. The normalized spacial score (nSPS) is 12.0. The first-order chi connectivity index (χ1) is 21.4. The maximum atomic E-state index is 11.7. The molecule has 0 amide bonds. The van der Waals surface area contributed by atoms with Gasteiger partial charge in [-0.1, -0.05) is 48.5 Å². The SMILES string of the molecule is O=C(O)Cc1ccccc1-c1c2nc(cc3ccc([nH]3)c(-c3ccccc3CC(=O)O)c3ccc(cc4nc1C=C4)[nH]3)C=C2. The molecule has 7 rings (SSSR count). The molecule has 0 aliphatic carbocycles. The van der Waals surface area contributed by atoms with Gasteiger partial charge in [-0.05, 0) is 83.0 Å². The molecule has 5 heterocycles. The van der Waals surface area contributed by atoms with Gasteiger partial charge in [0.1, 0.15) is 0 Å². The van der Waals surface area contributed by atoms with Crippen LogP contribution in [0.5, 0.6) is 0 Å². The quantitative estimate of drug-likeness (QED) is 0.164. The first-order valence-corrected chi connectivity index (χ1v) is 14.1. The third kappa shape index (κ3) is 5.20. The van der Waals surface area contributed by atoms with Gasteiger partial charge in [-0.3, -0.25) is 9.59 Å². The molecule has 2 aliphatic heterocycles. The van der Waals surface area contributed by atoms with E-state index in [0.29, 0.717) is 22.5 Å². The van der Waals surface area contributed by atoms with E-state index in [0.717, 1.165) is 55.7 Å². The second-order valence-corrected chi connectivity index (χ2v) is 10.7. The molecule has 0 radical (unpaired) electrons. The van der Waals surface area contributed by atoms with E-state index in [1.54, 1.807) is 0 Å². The van der Waals surface area contributed by atoms with E-state index < -0.39 is 11.9 Å². The van der Waals surface area contributed by atoms with Crippen LogP contribution in [0, 0.1) is 0 Å². The number of nitrogens with zero attached hydrogens (tertiary/aromatic N) is 2. The number of rotatable bonds is 6. The van der Waals surface area contributed by atoms with Gasteiger partial charge in [0, 0.05) is 33.2 Å². The van der Waals surface area contributed by atoms with Crippen molar-refractivity contribution < 1.29 is 19.8 Å². The first-order valence-electron chi connectivity index (χ1n) is 14.1. The highest BCUT2D eigenvalue weighted by molar-refractivity contribution is 5.96. The summed E-state index contributed by atoms with van der Waals surface area (Å²) in [5, 5.41) is 19.2. The Hall–Kier alpha value is -6.02. The summed E-state index contributed by atoms with van der Waals surface area (Å²) in [6.45, 7) is 0. The lowest BCUT2D eigenvalue weighted by Crippen LogP contribution is -2.02. The van der Waals surface area contributed by atoms with E-state index >= 15 is 0 Å². The molecular formula is C36H26N4O4. The summed E-state index contributed by atoms with van der Waals surface area (Å²) in [5.41, 5.74) is 10.7. The Kier molecular flexibility index (Phi) is 6.71. The van der Waals surface area contributed by atoms with Crippen LogP contribution < -0.4 is 0 Å². The number of aliphatic carboxylic acids is 2. The highest BCUT2D eigenvalue weighted by atomic mass is 16.4. The van der Waals surface area contributed by atoms with Gasteiger partial charge in [0.15, 0.2) is 0 Å². The molecule has 44 heavy (non-hydrogen) atoms. The molecule has 0 saturated carbocycles. The smallest absolute Gasteiger partial charge is 0.307 e. The minimum atomic E-state index is -0.910. The zero-order valence-corrected chi connectivity index (χ0v) is 23.4. The number of aromatic amines is 2. The largest absolute Gasteiger partial charge is 0.481 e. The number of carbonyl (C=O) groups is 2. The van der Waals surface area contributed by atoms with Gasteiger partial charge < -0.3 is 20.2 Å². The number of aromatic nitrogens is 4. The molecule has 0 spiro atoms. The lowest BCUT2D eigenvalue weighted by molar-refractivity contribution is -0.137. The van der Waals surface area contributed by atoms with Gasteiger partial charge in [0.25, 0.3) is 0 Å². The number of fused-ring (bicyclic) bond motifs is 8. The van der Waals surface area contributed by atoms with Crippen LogP contribution in [0.1, 0.15) is 33.9 Å². The van der Waals surface area contributed by atoms with Crippen molar-refractivity contribution in [3.8, 4) is 22.3 Å². The predicted octanol–water partition coefficient (Wildman–Crippen LogP) is 7.24. The first kappa shape index (κ1) is 26.9. The van der Waals surface area contributed by atoms with E-state index in [9.17, 15) is 19.8 Å². The zero-order chi connectivity index (χ0) is 30.2. The molecule has 214 valence electrons. The molecule has 8 heteroatoms. The van der Waals surface area contributed by atoms with Gasteiger partial charge in [0.2, 0.25) is 0 Å². The molecule has 0 fully saturated rings. The summed E-state index contributed by atoms with van der Waals surface area (Å²) < 4.78 is 0. The average molecular weight is 579 g/mol. The standard InChI is InChI=1S/C36H26N4O4/c41-33(42)17-21-5-1-3-7-27(21)35-29-13-9-23(37-29)19-25-11-15-31(39-25)36(28-8-4-2-6-22(28)18-34(43)44)32-16-12-26(40-32)20-24-10-14-30(35)38-24/h1-16,19-20,37-38H,17-18H2,(H,41,42)(H,43,44). The van der Waals surface area contributed by atoms with Crippen molar-refractivity contribution in [3.63, 3.8) is 0 Å². The van der Waals surface area contributed by atoms with Crippen molar-refractivity contribution in [2.24, 2.45) is 0 Å². The van der Waals surface area contributed by atoms with Crippen molar-refractivity contribution in [1.29, 1.82) is 0 Å². The zero-order valence-electron chi connectivity index (χ0n) is 23.4. The molecular weight excluding hydrogens is 552 g/mol. The summed E-state index contributed by atoms with van der Waals surface area (Å²) in [5.74, 6) is -1.81. The van der Waals surface area contributed by atoms with Gasteiger partial charge in [-0.2, -0.15) is 0 Å². The number of benzene rings is 2. The van der Waals surface area contributed by atoms with Gasteiger partial charge >= 0.3 is 11.9 Å². The molecule has 0 saturated heterocycles. The molecule has 0 atom stereocenters. The second-order valence-electron chi connectivity index (χ2n) is 10.7. The molecule has 4 N–H and O–H groups in total. The van der Waals surface area contributed by atoms with E-state index in [1.807, 2.05) is 109 Å². The number of nitrogens with one attached hydrogen (secondary N) is 2. The van der Waals surface area contributed by atoms with Crippen LogP contribution in [0.4, 0.5) is 0 Å². The van der Waals surface area contributed by atoms with Crippen molar-refractivity contribution >= 4 is 58.3 Å². The molecule has 2 aliphatic rings. The summed E-state index contributed by atoms with van der Waals surface area (Å²) in [7, 11) is 0. The Morgan fingerprint density at radius 2 is 1.02 bits per heavy atom. The number of hydrogen-bond acceptors (Lipinski definition) is 4. The summed E-state index contributed by atoms with van der Waals surface area (Å²) >= 11 is 0. The van der Waals surface area contributed by atoms with Crippen molar-refractivity contribution in [2.45, 2.75) is 12.8 Å². The molecule has 8 nitrogen and oxygen atoms in total. The maximum absolute atomic E-state index is 11.7. The Balaban J connectivity index is 1.54. The lowest BCUT2D eigenvalue weighted by atomic mass is 9.95. The summed E-state index contributed by atoms with van der Waals surface area (Å²) in [4.78, 5) is 40.3.